The van der Waals surface area contributed by atoms with Gasteiger partial charge in [0.05, 0.1) is 43.8 Å². The number of para-hydroxylation sites is 1. The second kappa shape index (κ2) is 8.26. The average molecular weight is 380 g/mol. The van der Waals surface area contributed by atoms with Crippen LogP contribution in [0.1, 0.15) is 15.9 Å². The Balaban J connectivity index is 1.78. The Morgan fingerprint density at radius 3 is 2.43 bits per heavy atom. The van der Waals surface area contributed by atoms with Crippen LogP contribution in [0, 0.1) is 0 Å². The van der Waals surface area contributed by atoms with E-state index in [0.717, 1.165) is 11.3 Å². The fraction of sp³-hybridized carbons (Fsp3) is 0.150. The lowest BCUT2D eigenvalue weighted by atomic mass is 10.1. The number of rotatable bonds is 7. The second-order valence-electron chi connectivity index (χ2n) is 5.97. The van der Waals surface area contributed by atoms with Gasteiger partial charge in [-0.1, -0.05) is 18.2 Å². The summed E-state index contributed by atoms with van der Waals surface area (Å²) in [6.45, 7) is 0. The number of hydrogen-bond donors (Lipinski definition) is 2. The molecule has 1 aromatic heterocycles. The van der Waals surface area contributed by atoms with E-state index in [1.807, 2.05) is 30.3 Å². The Morgan fingerprint density at radius 1 is 1.11 bits per heavy atom. The number of aromatic nitrogens is 2. The molecule has 0 spiro atoms. The molecular weight excluding hydrogens is 360 g/mol. The van der Waals surface area contributed by atoms with Crippen molar-refractivity contribution in [2.75, 3.05) is 19.5 Å². The molecule has 2 amide bonds. The van der Waals surface area contributed by atoms with Gasteiger partial charge < -0.3 is 20.5 Å². The highest BCUT2D eigenvalue weighted by Crippen LogP contribution is 2.33. The number of carbonyl (C=O) groups is 2. The summed E-state index contributed by atoms with van der Waals surface area (Å²) in [6.07, 6.45) is 3.48. The Morgan fingerprint density at radius 2 is 1.79 bits per heavy atom. The summed E-state index contributed by atoms with van der Waals surface area (Å²) in [6, 6.07) is 12.5. The van der Waals surface area contributed by atoms with E-state index >= 15 is 0 Å². The van der Waals surface area contributed by atoms with E-state index < -0.39 is 5.91 Å². The van der Waals surface area contributed by atoms with E-state index in [2.05, 4.69) is 10.4 Å². The van der Waals surface area contributed by atoms with Crippen LogP contribution in [0.25, 0.3) is 5.69 Å². The molecule has 0 saturated carbocycles. The van der Waals surface area contributed by atoms with Crippen molar-refractivity contribution in [2.24, 2.45) is 5.73 Å². The van der Waals surface area contributed by atoms with Gasteiger partial charge in [0.15, 0.2) is 11.5 Å². The molecular formula is C20H20N4O4. The number of ether oxygens (including phenoxy) is 2. The molecule has 28 heavy (non-hydrogen) atoms. The molecule has 0 unspecified atom stereocenters. The average Bonchev–Trinajstić information content (AvgIpc) is 3.16. The zero-order valence-electron chi connectivity index (χ0n) is 15.5. The molecule has 8 heteroatoms. The first-order valence-electron chi connectivity index (χ1n) is 8.46. The maximum atomic E-state index is 12.5. The maximum Gasteiger partial charge on any atom is 0.250 e. The minimum atomic E-state index is -0.687. The van der Waals surface area contributed by atoms with Crippen molar-refractivity contribution >= 4 is 17.5 Å². The molecule has 144 valence electrons. The summed E-state index contributed by atoms with van der Waals surface area (Å²) >= 11 is 0. The highest BCUT2D eigenvalue weighted by atomic mass is 16.5. The van der Waals surface area contributed by atoms with E-state index in [-0.39, 0.29) is 23.6 Å². The number of nitrogens with two attached hydrogens (primary N) is 1. The number of methoxy groups -OCH3 is 2. The number of carbonyl (C=O) groups excluding carboxylic acids is 2. The third-order valence-corrected chi connectivity index (χ3v) is 4.08. The minimum Gasteiger partial charge on any atom is -0.493 e. The molecule has 2 aromatic carbocycles. The summed E-state index contributed by atoms with van der Waals surface area (Å²) in [5, 5.41) is 6.97. The van der Waals surface area contributed by atoms with E-state index in [0.29, 0.717) is 11.5 Å². The fourth-order valence-electron chi connectivity index (χ4n) is 2.74. The summed E-state index contributed by atoms with van der Waals surface area (Å²) in [5.41, 5.74) is 7.43. The molecule has 0 aliphatic rings. The maximum absolute atomic E-state index is 12.5. The van der Waals surface area contributed by atoms with E-state index in [4.69, 9.17) is 15.2 Å². The molecule has 3 rings (SSSR count). The molecule has 0 fully saturated rings. The number of hydrogen-bond acceptors (Lipinski definition) is 5. The van der Waals surface area contributed by atoms with E-state index in [9.17, 15) is 9.59 Å². The molecule has 0 aliphatic heterocycles. The van der Waals surface area contributed by atoms with Gasteiger partial charge in [-0.3, -0.25) is 9.59 Å². The third-order valence-electron chi connectivity index (χ3n) is 4.08. The molecule has 0 saturated heterocycles. The van der Waals surface area contributed by atoms with Gasteiger partial charge >= 0.3 is 0 Å². The molecule has 0 radical (unpaired) electrons. The Hall–Kier alpha value is -3.81. The molecule has 3 N–H and O–H groups in total. The predicted molar refractivity (Wildman–Crippen MR) is 104 cm³/mol. The normalized spacial score (nSPS) is 10.4. The van der Waals surface area contributed by atoms with Crippen LogP contribution in [-0.2, 0) is 11.2 Å². The van der Waals surface area contributed by atoms with Crippen molar-refractivity contribution in [1.82, 2.24) is 9.78 Å². The topological polar surface area (TPSA) is 108 Å². The summed E-state index contributed by atoms with van der Waals surface area (Å²) in [5.74, 6) is -0.284. The van der Waals surface area contributed by atoms with Crippen LogP contribution in [0.3, 0.4) is 0 Å². The molecule has 0 atom stereocenters. The van der Waals surface area contributed by atoms with E-state index in [1.165, 1.54) is 26.4 Å². The molecule has 0 bridgehead atoms. The molecule has 3 aromatic rings. The number of primary amides is 1. The third kappa shape index (κ3) is 4.12. The second-order valence-corrected chi connectivity index (χ2v) is 5.97. The summed E-state index contributed by atoms with van der Waals surface area (Å²) in [4.78, 5) is 24.2. The SMILES string of the molecule is COc1cc(NC(=O)Cc2cnn(-c3ccccc3)c2)c(C(N)=O)cc1OC. The van der Waals surface area contributed by atoms with Crippen LogP contribution in [0.5, 0.6) is 11.5 Å². The number of nitrogens with one attached hydrogen (secondary N) is 1. The highest BCUT2D eigenvalue weighted by Gasteiger charge is 2.17. The van der Waals surface area contributed by atoms with Crippen molar-refractivity contribution < 1.29 is 19.1 Å². The van der Waals surface area contributed by atoms with Gasteiger partial charge in [-0.15, -0.1) is 0 Å². The van der Waals surface area contributed by atoms with Gasteiger partial charge in [-0.25, -0.2) is 4.68 Å². The summed E-state index contributed by atoms with van der Waals surface area (Å²) < 4.78 is 12.1. The first-order chi connectivity index (χ1) is 13.5. The Bertz CT molecular complexity index is 999. The molecule has 0 aliphatic carbocycles. The largest absolute Gasteiger partial charge is 0.493 e. The predicted octanol–water partition coefficient (Wildman–Crippen LogP) is 2.17. The lowest BCUT2D eigenvalue weighted by Gasteiger charge is -2.14. The number of amides is 2. The lowest BCUT2D eigenvalue weighted by molar-refractivity contribution is -0.115. The van der Waals surface area contributed by atoms with Crippen molar-refractivity contribution in [3.63, 3.8) is 0 Å². The van der Waals surface area contributed by atoms with Crippen LogP contribution in [0.4, 0.5) is 5.69 Å². The van der Waals surface area contributed by atoms with Gasteiger partial charge in [0.2, 0.25) is 5.91 Å². The van der Waals surface area contributed by atoms with Crippen LogP contribution in [0.2, 0.25) is 0 Å². The van der Waals surface area contributed by atoms with Gasteiger partial charge in [0, 0.05) is 12.3 Å². The minimum absolute atomic E-state index is 0.0827. The number of benzene rings is 2. The Labute approximate surface area is 161 Å². The molecule has 1 heterocycles. The number of anilines is 1. The van der Waals surface area contributed by atoms with Crippen molar-refractivity contribution in [3.8, 4) is 17.2 Å². The van der Waals surface area contributed by atoms with Crippen LogP contribution in [-0.4, -0.2) is 35.8 Å². The monoisotopic (exact) mass is 380 g/mol. The van der Waals surface area contributed by atoms with E-state index in [1.54, 1.807) is 17.1 Å². The lowest BCUT2D eigenvalue weighted by Crippen LogP contribution is -2.19. The zero-order valence-corrected chi connectivity index (χ0v) is 15.5. The standard InChI is InChI=1S/C20H20N4O4/c1-27-17-9-15(20(21)26)16(10-18(17)28-2)23-19(25)8-13-11-22-24(12-13)14-6-4-3-5-7-14/h3-7,9-12H,8H2,1-2H3,(H2,21,26)(H,23,25). The van der Waals surface area contributed by atoms with Crippen molar-refractivity contribution in [3.05, 3.63) is 66.0 Å². The van der Waals surface area contributed by atoms with Crippen LogP contribution < -0.4 is 20.5 Å². The van der Waals surface area contributed by atoms with Gasteiger partial charge in [0.1, 0.15) is 0 Å². The Kier molecular flexibility index (Phi) is 5.59. The first kappa shape index (κ1) is 19.0. The summed E-state index contributed by atoms with van der Waals surface area (Å²) in [7, 11) is 2.91. The quantitative estimate of drug-likeness (QED) is 0.653. The molecule has 8 nitrogen and oxygen atoms in total. The van der Waals surface area contributed by atoms with Crippen LogP contribution in [0.15, 0.2) is 54.9 Å². The smallest absolute Gasteiger partial charge is 0.250 e. The number of nitrogens with zero attached hydrogens (tertiary/aromatic N) is 2. The van der Waals surface area contributed by atoms with Gasteiger partial charge in [0.25, 0.3) is 5.91 Å². The van der Waals surface area contributed by atoms with Crippen molar-refractivity contribution in [1.29, 1.82) is 0 Å². The van der Waals surface area contributed by atoms with Crippen LogP contribution >= 0.6 is 0 Å². The fourth-order valence-corrected chi connectivity index (χ4v) is 2.74. The van der Waals surface area contributed by atoms with Gasteiger partial charge in [-0.05, 0) is 23.8 Å². The van der Waals surface area contributed by atoms with Crippen molar-refractivity contribution in [2.45, 2.75) is 6.42 Å². The zero-order chi connectivity index (χ0) is 20.1. The highest BCUT2D eigenvalue weighted by molar-refractivity contribution is 6.04. The first-order valence-corrected chi connectivity index (χ1v) is 8.46. The van der Waals surface area contributed by atoms with Gasteiger partial charge in [-0.2, -0.15) is 5.10 Å².